The van der Waals surface area contributed by atoms with Gasteiger partial charge in [-0.05, 0) is 17.5 Å². The molecular weight excluding hydrogens is 200 g/mol. The summed E-state index contributed by atoms with van der Waals surface area (Å²) in [6, 6.07) is 4.03. The maximum atomic E-state index is 7.09. The van der Waals surface area contributed by atoms with Gasteiger partial charge < -0.3 is 5.41 Å². The van der Waals surface area contributed by atoms with Crippen molar-refractivity contribution in [2.24, 2.45) is 0 Å². The number of nitrogens with one attached hydrogen (secondary N) is 1. The largest absolute Gasteiger partial charge is 0.306 e. The van der Waals surface area contributed by atoms with E-state index in [2.05, 4.69) is 29.9 Å². The van der Waals surface area contributed by atoms with Gasteiger partial charge in [0.05, 0.1) is 5.69 Å². The van der Waals surface area contributed by atoms with Crippen molar-refractivity contribution >= 4 is 6.21 Å². The average molecular weight is 214 g/mol. The number of aromatic nitrogens is 3. The fourth-order valence-corrected chi connectivity index (χ4v) is 1.43. The first kappa shape index (κ1) is 10.5. The van der Waals surface area contributed by atoms with Gasteiger partial charge in [-0.15, -0.1) is 0 Å². The summed E-state index contributed by atoms with van der Waals surface area (Å²) >= 11 is 0. The lowest BCUT2D eigenvalue weighted by atomic mass is 10.1. The highest BCUT2D eigenvalue weighted by molar-refractivity contribution is 5.73. The summed E-state index contributed by atoms with van der Waals surface area (Å²) in [6.45, 7) is 4.28. The molecule has 0 aliphatic rings. The molecular formula is C12H14N4. The molecule has 82 valence electrons. The third-order valence-corrected chi connectivity index (χ3v) is 2.45. The molecule has 4 nitrogen and oxygen atoms in total. The third-order valence-electron chi connectivity index (χ3n) is 2.45. The number of rotatable bonds is 3. The molecule has 0 fully saturated rings. The van der Waals surface area contributed by atoms with Crippen LogP contribution >= 0.6 is 0 Å². The highest BCUT2D eigenvalue weighted by Crippen LogP contribution is 2.14. The number of hydrogen-bond donors (Lipinski definition) is 1. The molecule has 2 aromatic heterocycles. The molecule has 4 heteroatoms. The van der Waals surface area contributed by atoms with Crippen LogP contribution in [0.3, 0.4) is 0 Å². The molecule has 0 unspecified atom stereocenters. The Labute approximate surface area is 94.5 Å². The summed E-state index contributed by atoms with van der Waals surface area (Å²) in [7, 11) is 0. The number of imidazole rings is 1. The molecule has 2 rings (SSSR count). The minimum absolute atomic E-state index is 0.487. The van der Waals surface area contributed by atoms with E-state index in [0.29, 0.717) is 11.6 Å². The zero-order valence-corrected chi connectivity index (χ0v) is 9.38. The summed E-state index contributed by atoms with van der Waals surface area (Å²) < 4.78 is 1.81. The maximum absolute atomic E-state index is 7.09. The Morgan fingerprint density at radius 3 is 2.62 bits per heavy atom. The van der Waals surface area contributed by atoms with E-state index in [1.54, 1.807) is 12.5 Å². The first-order valence-corrected chi connectivity index (χ1v) is 5.21. The molecule has 0 aliphatic heterocycles. The Kier molecular flexibility index (Phi) is 2.81. The summed E-state index contributed by atoms with van der Waals surface area (Å²) in [5, 5.41) is 7.09. The van der Waals surface area contributed by atoms with Crippen LogP contribution in [0.1, 0.15) is 31.0 Å². The van der Waals surface area contributed by atoms with E-state index < -0.39 is 0 Å². The molecule has 0 atom stereocenters. The maximum Gasteiger partial charge on any atom is 0.137 e. The van der Waals surface area contributed by atoms with Crippen LogP contribution in [-0.2, 0) is 0 Å². The molecule has 0 aliphatic carbocycles. The van der Waals surface area contributed by atoms with Crippen molar-refractivity contribution in [2.45, 2.75) is 19.8 Å². The Morgan fingerprint density at radius 2 is 2.12 bits per heavy atom. The number of hydrogen-bond acceptors (Lipinski definition) is 3. The van der Waals surface area contributed by atoms with Crippen LogP contribution in [-0.4, -0.2) is 20.7 Å². The molecule has 1 N–H and O–H groups in total. The van der Waals surface area contributed by atoms with E-state index in [1.165, 1.54) is 11.8 Å². The summed E-state index contributed by atoms with van der Waals surface area (Å²) in [5.74, 6) is 1.31. The van der Waals surface area contributed by atoms with E-state index in [-0.39, 0.29) is 0 Å². The standard InChI is InChI=1S/C12H14N4/c1-9(2)10-3-4-12(14-6-10)16-7-11(5-13)15-8-16/h3-9,13H,1-2H3. The molecule has 0 radical (unpaired) electrons. The first-order chi connectivity index (χ1) is 7.70. The van der Waals surface area contributed by atoms with E-state index >= 15 is 0 Å². The van der Waals surface area contributed by atoms with E-state index in [1.807, 2.05) is 16.8 Å². The Morgan fingerprint density at radius 1 is 1.31 bits per heavy atom. The highest BCUT2D eigenvalue weighted by atomic mass is 15.1. The second-order valence-electron chi connectivity index (χ2n) is 3.95. The predicted octanol–water partition coefficient (Wildman–Crippen LogP) is 2.39. The van der Waals surface area contributed by atoms with Gasteiger partial charge in [-0.2, -0.15) is 0 Å². The highest BCUT2D eigenvalue weighted by Gasteiger charge is 2.02. The van der Waals surface area contributed by atoms with Gasteiger partial charge in [-0.25, -0.2) is 9.97 Å². The van der Waals surface area contributed by atoms with Gasteiger partial charge in [0, 0.05) is 18.6 Å². The van der Waals surface area contributed by atoms with Crippen molar-refractivity contribution in [3.05, 3.63) is 42.1 Å². The van der Waals surface area contributed by atoms with Crippen LogP contribution in [0.25, 0.3) is 5.82 Å². The van der Waals surface area contributed by atoms with Gasteiger partial charge in [0.25, 0.3) is 0 Å². The zero-order valence-electron chi connectivity index (χ0n) is 9.38. The van der Waals surface area contributed by atoms with Crippen molar-refractivity contribution in [3.63, 3.8) is 0 Å². The normalized spacial score (nSPS) is 10.7. The smallest absolute Gasteiger partial charge is 0.137 e. The summed E-state index contributed by atoms with van der Waals surface area (Å²) in [4.78, 5) is 8.41. The van der Waals surface area contributed by atoms with Crippen LogP contribution in [0.2, 0.25) is 0 Å². The molecule has 0 spiro atoms. The molecule has 0 saturated heterocycles. The first-order valence-electron chi connectivity index (χ1n) is 5.21. The third kappa shape index (κ3) is 2.00. The lowest BCUT2D eigenvalue weighted by Crippen LogP contribution is -1.96. The Bertz CT molecular complexity index is 482. The van der Waals surface area contributed by atoms with E-state index in [4.69, 9.17) is 5.41 Å². The van der Waals surface area contributed by atoms with Gasteiger partial charge in [0.15, 0.2) is 0 Å². The lowest BCUT2D eigenvalue weighted by Gasteiger charge is -2.05. The molecule has 0 saturated carbocycles. The topological polar surface area (TPSA) is 54.6 Å². The zero-order chi connectivity index (χ0) is 11.5. The molecule has 2 aromatic rings. The Hall–Kier alpha value is -1.97. The van der Waals surface area contributed by atoms with Crippen LogP contribution < -0.4 is 0 Å². The fourth-order valence-electron chi connectivity index (χ4n) is 1.43. The van der Waals surface area contributed by atoms with Gasteiger partial charge in [0.2, 0.25) is 0 Å². The van der Waals surface area contributed by atoms with Crippen LogP contribution in [0, 0.1) is 5.41 Å². The van der Waals surface area contributed by atoms with E-state index in [0.717, 1.165) is 5.82 Å². The molecule has 0 amide bonds. The van der Waals surface area contributed by atoms with Crippen LogP contribution in [0.4, 0.5) is 0 Å². The van der Waals surface area contributed by atoms with Crippen molar-refractivity contribution in [1.29, 1.82) is 5.41 Å². The van der Waals surface area contributed by atoms with Gasteiger partial charge in [0.1, 0.15) is 12.1 Å². The quantitative estimate of drug-likeness (QED) is 0.797. The number of nitrogens with zero attached hydrogens (tertiary/aromatic N) is 3. The van der Waals surface area contributed by atoms with Gasteiger partial charge in [-0.3, -0.25) is 4.57 Å². The molecule has 0 bridgehead atoms. The minimum atomic E-state index is 0.487. The second kappa shape index (κ2) is 4.26. The van der Waals surface area contributed by atoms with Crippen molar-refractivity contribution in [3.8, 4) is 5.82 Å². The van der Waals surface area contributed by atoms with Gasteiger partial charge in [-0.1, -0.05) is 19.9 Å². The van der Waals surface area contributed by atoms with Crippen molar-refractivity contribution in [2.75, 3.05) is 0 Å². The lowest BCUT2D eigenvalue weighted by molar-refractivity contribution is 0.851. The molecule has 2 heterocycles. The predicted molar refractivity (Wildman–Crippen MR) is 63.3 cm³/mol. The fraction of sp³-hybridized carbons (Fsp3) is 0.250. The van der Waals surface area contributed by atoms with Gasteiger partial charge >= 0.3 is 0 Å². The van der Waals surface area contributed by atoms with Crippen molar-refractivity contribution < 1.29 is 0 Å². The molecule has 16 heavy (non-hydrogen) atoms. The second-order valence-corrected chi connectivity index (χ2v) is 3.95. The number of pyridine rings is 1. The molecule has 0 aromatic carbocycles. The average Bonchev–Trinajstić information content (AvgIpc) is 2.77. The van der Waals surface area contributed by atoms with Crippen LogP contribution in [0.5, 0.6) is 0 Å². The monoisotopic (exact) mass is 214 g/mol. The van der Waals surface area contributed by atoms with Crippen molar-refractivity contribution in [1.82, 2.24) is 14.5 Å². The summed E-state index contributed by atoms with van der Waals surface area (Å²) in [6.07, 6.45) is 6.55. The minimum Gasteiger partial charge on any atom is -0.306 e. The Balaban J connectivity index is 2.30. The van der Waals surface area contributed by atoms with Crippen LogP contribution in [0.15, 0.2) is 30.9 Å². The summed E-state index contributed by atoms with van der Waals surface area (Å²) in [5.41, 5.74) is 1.85. The SMILES string of the molecule is CC(C)c1ccc(-n2cnc(C=N)c2)nc1. The van der Waals surface area contributed by atoms with E-state index in [9.17, 15) is 0 Å².